The van der Waals surface area contributed by atoms with Crippen molar-refractivity contribution in [2.45, 2.75) is 45.1 Å². The Labute approximate surface area is 141 Å². The zero-order valence-electron chi connectivity index (χ0n) is 14.5. The van der Waals surface area contributed by atoms with Crippen molar-refractivity contribution in [2.75, 3.05) is 20.2 Å². The molecule has 0 saturated carbocycles. The number of nitrogens with zero attached hydrogens (tertiary/aromatic N) is 3. The molecule has 5 nitrogen and oxygen atoms in total. The summed E-state index contributed by atoms with van der Waals surface area (Å²) in [5.41, 5.74) is 0.703. The lowest BCUT2D eigenvalue weighted by Crippen LogP contribution is -2.32. The fourth-order valence-corrected chi connectivity index (χ4v) is 3.01. The van der Waals surface area contributed by atoms with E-state index in [2.05, 4.69) is 28.9 Å². The van der Waals surface area contributed by atoms with Crippen molar-refractivity contribution in [3.63, 3.8) is 0 Å². The maximum Gasteiger partial charge on any atom is 0.229 e. The first kappa shape index (κ1) is 16.9. The molecule has 0 N–H and O–H groups in total. The lowest BCUT2D eigenvalue weighted by atomic mass is 9.96. The van der Waals surface area contributed by atoms with Gasteiger partial charge < -0.3 is 9.26 Å². The Morgan fingerprint density at radius 2 is 2.08 bits per heavy atom. The van der Waals surface area contributed by atoms with Crippen LogP contribution in [-0.4, -0.2) is 35.2 Å². The van der Waals surface area contributed by atoms with Crippen LogP contribution in [0.2, 0.25) is 0 Å². The van der Waals surface area contributed by atoms with E-state index in [1.807, 2.05) is 0 Å². The Morgan fingerprint density at radius 1 is 1.33 bits per heavy atom. The minimum atomic E-state index is -0.213. The van der Waals surface area contributed by atoms with Crippen LogP contribution in [0.1, 0.15) is 55.8 Å². The monoisotopic (exact) mass is 333 g/mol. The van der Waals surface area contributed by atoms with Crippen molar-refractivity contribution in [2.24, 2.45) is 0 Å². The van der Waals surface area contributed by atoms with E-state index in [1.54, 1.807) is 19.2 Å². The summed E-state index contributed by atoms with van der Waals surface area (Å²) in [4.78, 5) is 6.77. The number of piperidine rings is 1. The molecule has 1 aliphatic heterocycles. The highest BCUT2D eigenvalue weighted by molar-refractivity contribution is 5.28. The molecule has 1 saturated heterocycles. The molecule has 2 heterocycles. The van der Waals surface area contributed by atoms with Gasteiger partial charge in [0.2, 0.25) is 5.89 Å². The summed E-state index contributed by atoms with van der Waals surface area (Å²) in [7, 11) is 1.54. The third-order valence-electron chi connectivity index (χ3n) is 4.56. The van der Waals surface area contributed by atoms with Gasteiger partial charge in [0.25, 0.3) is 0 Å². The molecular formula is C18H24FN3O2. The molecule has 0 unspecified atom stereocenters. The van der Waals surface area contributed by atoms with E-state index in [0.717, 1.165) is 37.6 Å². The predicted molar refractivity (Wildman–Crippen MR) is 88.6 cm³/mol. The number of likely N-dealkylation sites (tertiary alicyclic amines) is 1. The Morgan fingerprint density at radius 3 is 2.67 bits per heavy atom. The summed E-state index contributed by atoms with van der Waals surface area (Å²) in [5, 5.41) is 4.04. The van der Waals surface area contributed by atoms with Crippen LogP contribution < -0.4 is 4.74 Å². The van der Waals surface area contributed by atoms with Crippen LogP contribution in [0.5, 0.6) is 5.75 Å². The molecule has 0 spiro atoms. The Bertz CT molecular complexity index is 679. The molecule has 2 aromatic rings. The minimum absolute atomic E-state index is 0.213. The highest BCUT2D eigenvalue weighted by atomic mass is 19.1. The van der Waals surface area contributed by atoms with E-state index in [4.69, 9.17) is 9.26 Å². The zero-order chi connectivity index (χ0) is 17.1. The van der Waals surface area contributed by atoms with Gasteiger partial charge in [-0.15, -0.1) is 0 Å². The second kappa shape index (κ2) is 7.30. The van der Waals surface area contributed by atoms with Gasteiger partial charge in [0.15, 0.2) is 5.82 Å². The summed E-state index contributed by atoms with van der Waals surface area (Å²) in [6, 6.07) is 5.04. The number of aromatic nitrogens is 2. The molecule has 1 aromatic heterocycles. The van der Waals surface area contributed by atoms with E-state index in [-0.39, 0.29) is 11.7 Å². The molecule has 0 atom stereocenters. The average molecular weight is 333 g/mol. The molecule has 0 amide bonds. The lowest BCUT2D eigenvalue weighted by Gasteiger charge is -2.30. The molecule has 0 bridgehead atoms. The summed E-state index contributed by atoms with van der Waals surface area (Å²) >= 11 is 0. The third-order valence-corrected chi connectivity index (χ3v) is 4.56. The normalized spacial score (nSPS) is 16.7. The van der Waals surface area contributed by atoms with Gasteiger partial charge in [0.05, 0.1) is 7.11 Å². The summed E-state index contributed by atoms with van der Waals surface area (Å²) in [6.45, 7) is 6.52. The van der Waals surface area contributed by atoms with Gasteiger partial charge in [-0.25, -0.2) is 4.39 Å². The number of methoxy groups -OCH3 is 1. The lowest BCUT2D eigenvalue weighted by molar-refractivity contribution is 0.185. The Kier molecular flexibility index (Phi) is 5.14. The van der Waals surface area contributed by atoms with Gasteiger partial charge in [-0.05, 0) is 32.0 Å². The zero-order valence-corrected chi connectivity index (χ0v) is 14.5. The quantitative estimate of drug-likeness (QED) is 0.835. The minimum Gasteiger partial charge on any atom is -0.497 e. The van der Waals surface area contributed by atoms with Crippen molar-refractivity contribution >= 4 is 0 Å². The molecule has 1 aromatic carbocycles. The molecule has 24 heavy (non-hydrogen) atoms. The number of halogens is 1. The average Bonchev–Trinajstić information content (AvgIpc) is 3.07. The molecule has 0 aliphatic carbocycles. The number of rotatable bonds is 5. The van der Waals surface area contributed by atoms with Crippen LogP contribution in [0.4, 0.5) is 4.39 Å². The summed E-state index contributed by atoms with van der Waals surface area (Å²) in [6.07, 6.45) is 1.91. The second-order valence-electron chi connectivity index (χ2n) is 6.65. The van der Waals surface area contributed by atoms with Crippen LogP contribution in [0, 0.1) is 5.82 Å². The Hall–Kier alpha value is -1.95. The number of hydrogen-bond donors (Lipinski definition) is 0. The van der Waals surface area contributed by atoms with Gasteiger partial charge in [-0.2, -0.15) is 4.98 Å². The number of ether oxygens (including phenoxy) is 1. The van der Waals surface area contributed by atoms with Crippen LogP contribution in [-0.2, 0) is 6.54 Å². The van der Waals surface area contributed by atoms with E-state index in [9.17, 15) is 4.39 Å². The van der Waals surface area contributed by atoms with Crippen molar-refractivity contribution < 1.29 is 13.7 Å². The highest BCUT2D eigenvalue weighted by Gasteiger charge is 2.26. The molecule has 130 valence electrons. The van der Waals surface area contributed by atoms with Crippen LogP contribution in [0.3, 0.4) is 0 Å². The second-order valence-corrected chi connectivity index (χ2v) is 6.65. The van der Waals surface area contributed by atoms with Crippen LogP contribution in [0.25, 0.3) is 0 Å². The summed E-state index contributed by atoms with van der Waals surface area (Å²) < 4.78 is 24.5. The van der Waals surface area contributed by atoms with E-state index >= 15 is 0 Å². The molecular weight excluding hydrogens is 309 g/mol. The van der Waals surface area contributed by atoms with Crippen LogP contribution in [0.15, 0.2) is 22.7 Å². The maximum atomic E-state index is 14.1. The first-order valence-corrected chi connectivity index (χ1v) is 8.45. The van der Waals surface area contributed by atoms with E-state index in [1.165, 1.54) is 6.07 Å². The molecule has 0 radical (unpaired) electrons. The number of hydrogen-bond acceptors (Lipinski definition) is 5. The first-order chi connectivity index (χ1) is 11.6. The van der Waals surface area contributed by atoms with Crippen LogP contribution >= 0.6 is 0 Å². The van der Waals surface area contributed by atoms with Gasteiger partial charge in [-0.3, -0.25) is 4.90 Å². The van der Waals surface area contributed by atoms with Gasteiger partial charge >= 0.3 is 0 Å². The van der Waals surface area contributed by atoms with Crippen molar-refractivity contribution in [3.8, 4) is 5.75 Å². The maximum absolute atomic E-state index is 14.1. The van der Waals surface area contributed by atoms with Crippen molar-refractivity contribution in [1.29, 1.82) is 0 Å². The topological polar surface area (TPSA) is 51.4 Å². The predicted octanol–water partition coefficient (Wildman–Crippen LogP) is 3.72. The summed E-state index contributed by atoms with van der Waals surface area (Å²) in [5.74, 6) is 2.44. The molecule has 6 heteroatoms. The fourth-order valence-electron chi connectivity index (χ4n) is 3.01. The third kappa shape index (κ3) is 3.75. The smallest absolute Gasteiger partial charge is 0.229 e. The fraction of sp³-hybridized carbons (Fsp3) is 0.556. The molecule has 1 fully saturated rings. The van der Waals surface area contributed by atoms with Gasteiger partial charge in [-0.1, -0.05) is 25.1 Å². The van der Waals surface area contributed by atoms with Gasteiger partial charge in [0, 0.05) is 30.0 Å². The van der Waals surface area contributed by atoms with Crippen molar-refractivity contribution in [1.82, 2.24) is 15.0 Å². The Balaban J connectivity index is 1.57. The molecule has 3 rings (SSSR count). The standard InChI is InChI=1S/C18H24FN3O2/c1-12(2)17-20-18(24-21-17)13-6-8-22(9-7-13)11-14-4-5-15(23-3)10-16(14)19/h4-5,10,12-13H,6-9,11H2,1-3H3. The largest absolute Gasteiger partial charge is 0.497 e. The van der Waals surface area contributed by atoms with Gasteiger partial charge in [0.1, 0.15) is 11.6 Å². The first-order valence-electron chi connectivity index (χ1n) is 8.45. The molecule has 1 aliphatic rings. The SMILES string of the molecule is COc1ccc(CN2CCC(c3nc(C(C)C)no3)CC2)c(F)c1. The number of benzene rings is 1. The van der Waals surface area contributed by atoms with E-state index in [0.29, 0.717) is 23.8 Å². The van der Waals surface area contributed by atoms with E-state index < -0.39 is 0 Å². The van der Waals surface area contributed by atoms with Crippen molar-refractivity contribution in [3.05, 3.63) is 41.3 Å². The highest BCUT2D eigenvalue weighted by Crippen LogP contribution is 2.29.